The molecular weight excluding hydrogens is 441 g/mol. The molecule has 31 heavy (non-hydrogen) atoms. The highest BCUT2D eigenvalue weighted by Gasteiger charge is 2.39. The van der Waals surface area contributed by atoms with Crippen molar-refractivity contribution in [2.45, 2.75) is 17.5 Å². The average Bonchev–Trinajstić information content (AvgIpc) is 3.10. The topological polar surface area (TPSA) is 127 Å². The summed E-state index contributed by atoms with van der Waals surface area (Å²) in [6.45, 7) is 0. The van der Waals surface area contributed by atoms with Crippen LogP contribution in [-0.2, 0) is 21.2 Å². The average molecular weight is 454 g/mol. The number of ketones is 1. The number of nitrogens with one attached hydrogen (secondary N) is 1. The number of carboxylic acid groups (broad SMARTS) is 1. The number of hydrogen-bond acceptors (Lipinski definition) is 6. The Morgan fingerprint density at radius 1 is 1.00 bits per heavy atom. The van der Waals surface area contributed by atoms with Gasteiger partial charge in [0.2, 0.25) is 5.78 Å². The summed E-state index contributed by atoms with van der Waals surface area (Å²) in [5, 5.41) is 12.4. The molecule has 162 valence electrons. The van der Waals surface area contributed by atoms with Gasteiger partial charge in [0.25, 0.3) is 10.0 Å². The lowest BCUT2D eigenvalue weighted by atomic mass is 9.97. The first-order chi connectivity index (χ1) is 14.5. The Kier molecular flexibility index (Phi) is 5.84. The first-order valence-electron chi connectivity index (χ1n) is 8.49. The van der Waals surface area contributed by atoms with Gasteiger partial charge in [-0.15, -0.1) is 0 Å². The molecule has 2 aromatic carbocycles. The van der Waals surface area contributed by atoms with Crippen LogP contribution in [0.3, 0.4) is 0 Å². The summed E-state index contributed by atoms with van der Waals surface area (Å²) in [4.78, 5) is 21.7. The number of rotatable bonds is 6. The van der Waals surface area contributed by atoms with Crippen molar-refractivity contribution in [1.82, 2.24) is 9.88 Å². The largest absolute Gasteiger partial charge is 0.464 e. The molecular formula is C19H13F3N2O6S. The van der Waals surface area contributed by atoms with E-state index in [0.29, 0.717) is 5.56 Å². The molecule has 0 aliphatic carbocycles. The Morgan fingerprint density at radius 2 is 1.61 bits per heavy atom. The van der Waals surface area contributed by atoms with Gasteiger partial charge in [-0.2, -0.15) is 13.2 Å². The van der Waals surface area contributed by atoms with Crippen molar-refractivity contribution >= 4 is 21.9 Å². The van der Waals surface area contributed by atoms with E-state index in [0.717, 1.165) is 12.1 Å². The lowest BCUT2D eigenvalue weighted by Crippen LogP contribution is -2.28. The van der Waals surface area contributed by atoms with E-state index in [-0.39, 0.29) is 27.5 Å². The Hall–Kier alpha value is -3.67. The number of halogens is 3. The summed E-state index contributed by atoms with van der Waals surface area (Å²) in [7, 11) is -4.35. The second-order valence-corrected chi connectivity index (χ2v) is 7.91. The fraction of sp³-hybridized carbons (Fsp3) is 0.105. The molecule has 2 N–H and O–H groups in total. The van der Waals surface area contributed by atoms with Crippen molar-refractivity contribution in [3.63, 3.8) is 0 Å². The minimum absolute atomic E-state index is 0.0824. The van der Waals surface area contributed by atoms with Gasteiger partial charge in [-0.1, -0.05) is 47.6 Å². The highest BCUT2D eigenvalue weighted by molar-refractivity contribution is 7.90. The van der Waals surface area contributed by atoms with Crippen LogP contribution in [0.15, 0.2) is 64.0 Å². The number of amides is 1. The fourth-order valence-corrected chi connectivity index (χ4v) is 3.60. The summed E-state index contributed by atoms with van der Waals surface area (Å²) in [6, 6.07) is 12.9. The van der Waals surface area contributed by atoms with Gasteiger partial charge in [-0.05, 0) is 17.7 Å². The number of nitrogens with zero attached hydrogens (tertiary/aromatic N) is 1. The van der Waals surface area contributed by atoms with Crippen LogP contribution >= 0.6 is 0 Å². The Balaban J connectivity index is 2.09. The standard InChI is InChI=1S/C19H13F3N2O6S/c20-19(21,22)15(25)10-14-16(17(23-30-14)12-4-2-1-3-5-12)11-6-8-13(9-7-11)31(28,29)24-18(26)27/h1-9,24H,10H2,(H,26,27). The molecule has 0 aliphatic rings. The maximum Gasteiger partial charge on any atom is 0.450 e. The number of sulfonamides is 1. The molecule has 0 aliphatic heterocycles. The predicted molar refractivity (Wildman–Crippen MR) is 100 cm³/mol. The van der Waals surface area contributed by atoms with Crippen LogP contribution in [0.5, 0.6) is 0 Å². The van der Waals surface area contributed by atoms with Crippen molar-refractivity contribution in [2.75, 3.05) is 0 Å². The summed E-state index contributed by atoms with van der Waals surface area (Å²) >= 11 is 0. The van der Waals surface area contributed by atoms with Crippen LogP contribution in [0.4, 0.5) is 18.0 Å². The summed E-state index contributed by atoms with van der Waals surface area (Å²) in [5.74, 6) is -2.38. The first-order valence-corrected chi connectivity index (χ1v) is 9.97. The van der Waals surface area contributed by atoms with E-state index in [4.69, 9.17) is 9.63 Å². The molecule has 0 atom stereocenters. The second kappa shape index (κ2) is 8.22. The molecule has 0 spiro atoms. The molecule has 12 heteroatoms. The Labute approximate surface area is 173 Å². The van der Waals surface area contributed by atoms with Crippen LogP contribution in [0.2, 0.25) is 0 Å². The van der Waals surface area contributed by atoms with E-state index in [1.807, 2.05) is 0 Å². The lowest BCUT2D eigenvalue weighted by Gasteiger charge is -2.08. The SMILES string of the molecule is O=C(O)NS(=O)(=O)c1ccc(-c2c(-c3ccccc3)noc2CC(=O)C(F)(F)F)cc1. The number of alkyl halides is 3. The maximum absolute atomic E-state index is 12.8. The van der Waals surface area contributed by atoms with E-state index in [1.165, 1.54) is 16.9 Å². The van der Waals surface area contributed by atoms with Crippen LogP contribution in [0.1, 0.15) is 5.76 Å². The number of carbonyl (C=O) groups excluding carboxylic acids is 1. The van der Waals surface area contributed by atoms with Gasteiger partial charge in [-0.3, -0.25) is 4.79 Å². The van der Waals surface area contributed by atoms with E-state index in [1.54, 1.807) is 30.3 Å². The molecule has 0 radical (unpaired) electrons. The number of carbonyl (C=O) groups is 2. The zero-order valence-electron chi connectivity index (χ0n) is 15.4. The highest BCUT2D eigenvalue weighted by Crippen LogP contribution is 2.36. The second-order valence-electron chi connectivity index (χ2n) is 6.23. The van der Waals surface area contributed by atoms with Crippen molar-refractivity contribution in [2.24, 2.45) is 0 Å². The summed E-state index contributed by atoms with van der Waals surface area (Å²) in [6.07, 6.45) is -7.95. The highest BCUT2D eigenvalue weighted by atomic mass is 32.2. The zero-order valence-corrected chi connectivity index (χ0v) is 16.2. The van der Waals surface area contributed by atoms with E-state index in [9.17, 15) is 31.2 Å². The molecule has 0 saturated heterocycles. The van der Waals surface area contributed by atoms with Crippen molar-refractivity contribution in [3.05, 3.63) is 60.4 Å². The van der Waals surface area contributed by atoms with E-state index in [2.05, 4.69) is 5.16 Å². The lowest BCUT2D eigenvalue weighted by molar-refractivity contribution is -0.170. The maximum atomic E-state index is 12.8. The minimum Gasteiger partial charge on any atom is -0.464 e. The van der Waals surface area contributed by atoms with Crippen molar-refractivity contribution in [3.8, 4) is 22.4 Å². The molecule has 0 fully saturated rings. The monoisotopic (exact) mass is 454 g/mol. The van der Waals surface area contributed by atoms with Gasteiger partial charge in [0, 0.05) is 5.56 Å². The zero-order chi connectivity index (χ0) is 22.8. The van der Waals surface area contributed by atoms with Crippen LogP contribution in [0, 0.1) is 0 Å². The predicted octanol–water partition coefficient (Wildman–Crippen LogP) is 3.64. The quantitative estimate of drug-likeness (QED) is 0.582. The molecule has 0 unspecified atom stereocenters. The van der Waals surface area contributed by atoms with Gasteiger partial charge >= 0.3 is 12.3 Å². The smallest absolute Gasteiger partial charge is 0.450 e. The summed E-state index contributed by atoms with van der Waals surface area (Å²) < 4.78 is 68.6. The fourth-order valence-electron chi connectivity index (χ4n) is 2.76. The van der Waals surface area contributed by atoms with Gasteiger partial charge < -0.3 is 9.63 Å². The molecule has 8 nitrogen and oxygen atoms in total. The van der Waals surface area contributed by atoms with E-state index >= 15 is 0 Å². The summed E-state index contributed by atoms with van der Waals surface area (Å²) in [5.41, 5.74) is 0.958. The van der Waals surface area contributed by atoms with Gasteiger partial charge in [0.1, 0.15) is 5.69 Å². The number of benzene rings is 2. The van der Waals surface area contributed by atoms with Crippen LogP contribution < -0.4 is 4.72 Å². The van der Waals surface area contributed by atoms with Gasteiger partial charge in [0.15, 0.2) is 5.76 Å². The van der Waals surface area contributed by atoms with Crippen LogP contribution in [-0.4, -0.2) is 36.7 Å². The molecule has 1 heterocycles. The van der Waals surface area contributed by atoms with Crippen molar-refractivity contribution < 1.29 is 40.8 Å². The van der Waals surface area contributed by atoms with E-state index < -0.39 is 34.5 Å². The Bertz CT molecular complexity index is 1220. The Morgan fingerprint density at radius 3 is 2.16 bits per heavy atom. The molecule has 3 rings (SSSR count). The normalized spacial score (nSPS) is 11.8. The molecule has 1 amide bonds. The number of Topliss-reactive ketones (excluding diaryl/α,β-unsaturated/α-hetero) is 1. The third-order valence-electron chi connectivity index (χ3n) is 4.12. The molecule has 0 bridgehead atoms. The number of hydrogen-bond donors (Lipinski definition) is 2. The molecule has 1 aromatic heterocycles. The molecule has 0 saturated carbocycles. The van der Waals surface area contributed by atoms with Crippen LogP contribution in [0.25, 0.3) is 22.4 Å². The third kappa shape index (κ3) is 4.91. The third-order valence-corrected chi connectivity index (χ3v) is 5.46. The minimum atomic E-state index is -5.07. The first kappa shape index (κ1) is 22.0. The van der Waals surface area contributed by atoms with Gasteiger partial charge in [0.05, 0.1) is 16.9 Å². The molecule has 3 aromatic rings. The van der Waals surface area contributed by atoms with Gasteiger partial charge in [-0.25, -0.2) is 17.9 Å². The van der Waals surface area contributed by atoms with Crippen molar-refractivity contribution in [1.29, 1.82) is 0 Å². The number of aromatic nitrogens is 1.